The molecule has 0 N–H and O–H groups in total. The normalized spacial score (nSPS) is 25.0. The minimum Gasteiger partial charge on any atom is -0.463 e. The van der Waals surface area contributed by atoms with E-state index in [4.69, 9.17) is 66.3 Å². The molecule has 0 spiro atoms. The van der Waals surface area contributed by atoms with Crippen LogP contribution in [-0.2, 0) is 114 Å². The second-order valence-electron chi connectivity index (χ2n) is 15.6. The van der Waals surface area contributed by atoms with Crippen molar-refractivity contribution in [1.29, 1.82) is 0 Å². The molecule has 3 unspecified atom stereocenters. The highest BCUT2D eigenvalue weighted by Gasteiger charge is 2.58. The van der Waals surface area contributed by atoms with Gasteiger partial charge in [0, 0.05) is 69.2 Å². The fourth-order valence-electron chi connectivity index (χ4n) is 7.26. The van der Waals surface area contributed by atoms with Crippen molar-refractivity contribution in [1.82, 2.24) is 15.0 Å². The molecular weight excluding hydrogens is 954 g/mol. The maximum absolute atomic E-state index is 13.1. The van der Waals surface area contributed by atoms with E-state index in [0.717, 1.165) is 74.0 Å². The third-order valence-electron chi connectivity index (χ3n) is 9.69. The minimum absolute atomic E-state index is 0.147. The Kier molecular flexibility index (Phi) is 20.8. The molecule has 4 rings (SSSR count). The van der Waals surface area contributed by atoms with Gasteiger partial charge in [0.15, 0.2) is 55.3 Å². The van der Waals surface area contributed by atoms with Gasteiger partial charge in [0.25, 0.3) is 0 Å². The fourth-order valence-corrected chi connectivity index (χ4v) is 7.26. The molecule has 0 saturated carbocycles. The van der Waals surface area contributed by atoms with Crippen LogP contribution in [0.2, 0.25) is 0 Å². The first-order chi connectivity index (χ1) is 33.4. The Morgan fingerprint density at radius 1 is 0.521 bits per heavy atom. The smallest absolute Gasteiger partial charge is 0.303 e. The molecule has 2 aromatic rings. The van der Waals surface area contributed by atoms with E-state index in [1.165, 1.54) is 6.20 Å². The maximum Gasteiger partial charge on any atom is 0.303 e. The van der Waals surface area contributed by atoms with Crippen molar-refractivity contribution in [3.63, 3.8) is 0 Å². The molecule has 2 aliphatic rings. The van der Waals surface area contributed by atoms with Gasteiger partial charge in [0.2, 0.25) is 0 Å². The Hall–Kier alpha value is -7.10. The van der Waals surface area contributed by atoms with Gasteiger partial charge < -0.3 is 66.3 Å². The molecule has 2 aliphatic heterocycles. The average Bonchev–Trinajstić information content (AvgIpc) is 3.75. The number of hydrogen-bond donors (Lipinski definition) is 0. The third kappa shape index (κ3) is 17.1. The number of aromatic nitrogens is 3. The monoisotopic (exact) mass is 1010 g/mol. The van der Waals surface area contributed by atoms with Gasteiger partial charge in [-0.25, -0.2) is 0 Å². The average molecular weight is 1010 g/mol. The van der Waals surface area contributed by atoms with Gasteiger partial charge in [-0.1, -0.05) is 18.2 Å². The van der Waals surface area contributed by atoms with Crippen molar-refractivity contribution in [3.8, 4) is 5.69 Å². The number of hydrogen-bond acceptors (Lipinski definition) is 26. The van der Waals surface area contributed by atoms with Crippen molar-refractivity contribution in [2.75, 3.05) is 19.8 Å². The van der Waals surface area contributed by atoms with Gasteiger partial charge in [0.1, 0.15) is 49.9 Å². The van der Waals surface area contributed by atoms with E-state index < -0.39 is 159 Å². The van der Waals surface area contributed by atoms with Gasteiger partial charge in [-0.05, 0) is 12.1 Å². The molecule has 0 aliphatic carbocycles. The summed E-state index contributed by atoms with van der Waals surface area (Å²) in [6, 6.07) is 8.42. The molecule has 71 heavy (non-hydrogen) atoms. The van der Waals surface area contributed by atoms with E-state index >= 15 is 0 Å². The molecule has 1 aromatic heterocycles. The standard InChI is InChI=1S/C44H55N3O24/c1-20(48)58-17-32(61-23(4)51)36(35(62-24(5)52)31-16-45-47(46-31)30-14-12-11-13-15-30)70-43-42(67-29(10)57)40(65-27(8)55)38(34(69-43)19-60-22(3)50)71-44-41(66-28(9)56)39(64-26(7)54)37(63-25(6)53)33(68-44)18-59-21(2)49/h11-16,32-44H,17-19H2,1-10H3/t32?,33-,34-,35?,36?,37-,38-,39+,40+,41-,42-,43+,44+/m1/s1. The highest BCUT2D eigenvalue weighted by atomic mass is 16.8. The van der Waals surface area contributed by atoms with E-state index in [1.54, 1.807) is 30.3 Å². The number of nitrogens with zero attached hydrogens (tertiary/aromatic N) is 3. The Morgan fingerprint density at radius 3 is 1.46 bits per heavy atom. The highest BCUT2D eigenvalue weighted by molar-refractivity contribution is 5.70. The van der Waals surface area contributed by atoms with Crippen LogP contribution in [0.3, 0.4) is 0 Å². The summed E-state index contributed by atoms with van der Waals surface area (Å²) in [7, 11) is 0. The van der Waals surface area contributed by atoms with Gasteiger partial charge in [-0.15, -0.1) is 5.10 Å². The second kappa shape index (κ2) is 26.2. The van der Waals surface area contributed by atoms with Crippen LogP contribution < -0.4 is 0 Å². The summed E-state index contributed by atoms with van der Waals surface area (Å²) >= 11 is 0. The molecule has 3 heterocycles. The van der Waals surface area contributed by atoms with Crippen LogP contribution in [0.25, 0.3) is 5.69 Å². The first kappa shape index (κ1) is 56.5. The number of carbonyl (C=O) groups is 10. The molecule has 2 saturated heterocycles. The van der Waals surface area contributed by atoms with Crippen LogP contribution in [0.5, 0.6) is 0 Å². The zero-order chi connectivity index (χ0) is 52.7. The lowest BCUT2D eigenvalue weighted by Crippen LogP contribution is -2.67. The first-order valence-electron chi connectivity index (χ1n) is 21.6. The van der Waals surface area contributed by atoms with E-state index in [1.807, 2.05) is 0 Å². The molecule has 13 atom stereocenters. The van der Waals surface area contributed by atoms with E-state index in [0.29, 0.717) is 5.69 Å². The van der Waals surface area contributed by atoms with Crippen molar-refractivity contribution >= 4 is 59.7 Å². The Labute approximate surface area is 405 Å². The highest BCUT2D eigenvalue weighted by Crippen LogP contribution is 2.38. The van der Waals surface area contributed by atoms with Crippen LogP contribution in [0.1, 0.15) is 81.0 Å². The van der Waals surface area contributed by atoms with Gasteiger partial charge in [0.05, 0.1) is 11.9 Å². The van der Waals surface area contributed by atoms with Crippen molar-refractivity contribution < 1.29 is 114 Å². The van der Waals surface area contributed by atoms with Crippen LogP contribution in [-0.4, -0.2) is 168 Å². The lowest BCUT2D eigenvalue weighted by atomic mass is 9.95. The largest absolute Gasteiger partial charge is 0.463 e. The summed E-state index contributed by atoms with van der Waals surface area (Å²) in [4.78, 5) is 127. The van der Waals surface area contributed by atoms with Crippen LogP contribution in [0.4, 0.5) is 0 Å². The van der Waals surface area contributed by atoms with Crippen LogP contribution in [0, 0.1) is 0 Å². The first-order valence-corrected chi connectivity index (χ1v) is 21.6. The zero-order valence-electron chi connectivity index (χ0n) is 40.2. The molecule has 390 valence electrons. The maximum atomic E-state index is 13.1. The molecule has 27 heteroatoms. The zero-order valence-corrected chi connectivity index (χ0v) is 40.2. The molecule has 0 radical (unpaired) electrons. The quantitative estimate of drug-likeness (QED) is 0.120. The van der Waals surface area contributed by atoms with Crippen molar-refractivity contribution in [2.45, 2.75) is 149 Å². The van der Waals surface area contributed by atoms with Crippen molar-refractivity contribution in [3.05, 3.63) is 42.2 Å². The number of carbonyl (C=O) groups excluding carboxylic acids is 10. The molecule has 0 amide bonds. The van der Waals surface area contributed by atoms with Gasteiger partial charge >= 0.3 is 59.7 Å². The molecule has 2 fully saturated rings. The minimum atomic E-state index is -2.07. The summed E-state index contributed by atoms with van der Waals surface area (Å²) in [6.45, 7) is 7.75. The molecule has 27 nitrogen and oxygen atoms in total. The number of ether oxygens (including phenoxy) is 14. The summed E-state index contributed by atoms with van der Waals surface area (Å²) in [5, 5.41) is 8.73. The predicted molar refractivity (Wildman–Crippen MR) is 226 cm³/mol. The van der Waals surface area contributed by atoms with Crippen LogP contribution in [0.15, 0.2) is 36.5 Å². The summed E-state index contributed by atoms with van der Waals surface area (Å²) in [5.41, 5.74) is 0.298. The van der Waals surface area contributed by atoms with Crippen LogP contribution >= 0.6 is 0 Å². The van der Waals surface area contributed by atoms with Crippen molar-refractivity contribution in [2.24, 2.45) is 0 Å². The van der Waals surface area contributed by atoms with Gasteiger partial charge in [-0.2, -0.15) is 9.90 Å². The summed E-state index contributed by atoms with van der Waals surface area (Å²) < 4.78 is 80.5. The number of benzene rings is 1. The van der Waals surface area contributed by atoms with Gasteiger partial charge in [-0.3, -0.25) is 47.9 Å². The summed E-state index contributed by atoms with van der Waals surface area (Å²) in [6.07, 6.45) is -22.6. The SMILES string of the molecule is CC(=O)OCC(OC(C)=O)C(O[C@@H]1O[C@H](COC(C)=O)[C@@H](O[C@@H]2O[C@H](COC(C)=O)[C@@H](OC(C)=O)[C@H](OC(C)=O)[C@H]2OC(C)=O)[C@H](OC(C)=O)[C@H]1OC(C)=O)C(OC(C)=O)c1cnn(-c2ccccc2)n1. The Morgan fingerprint density at radius 2 is 0.972 bits per heavy atom. The molecule has 0 bridgehead atoms. The molecular formula is C44H55N3O24. The topological polar surface area (TPSA) is 331 Å². The molecule has 1 aromatic carbocycles. The number of para-hydroxylation sites is 1. The number of esters is 10. The van der Waals surface area contributed by atoms with E-state index in [-0.39, 0.29) is 5.69 Å². The Balaban J connectivity index is 1.96. The second-order valence-corrected chi connectivity index (χ2v) is 15.6. The van der Waals surface area contributed by atoms with E-state index in [2.05, 4.69) is 10.2 Å². The summed E-state index contributed by atoms with van der Waals surface area (Å²) in [5.74, 6) is -9.55. The predicted octanol–water partition coefficient (Wildman–Crippen LogP) is 0.371. The lowest BCUT2D eigenvalue weighted by molar-refractivity contribution is -0.368. The fraction of sp³-hybridized carbons (Fsp3) is 0.591. The van der Waals surface area contributed by atoms with E-state index in [9.17, 15) is 47.9 Å². The number of rotatable bonds is 21. The lowest BCUT2D eigenvalue weighted by Gasteiger charge is -2.49. The Bertz CT molecular complexity index is 2230. The third-order valence-corrected chi connectivity index (χ3v) is 9.69.